The number of nitrogens with one attached hydrogen (secondary N) is 1. The molecular formula is C16H20FN3O2. The van der Waals surface area contributed by atoms with Crippen molar-refractivity contribution in [1.29, 1.82) is 0 Å². The zero-order valence-electron chi connectivity index (χ0n) is 13.0. The van der Waals surface area contributed by atoms with Crippen molar-refractivity contribution in [2.75, 3.05) is 0 Å². The van der Waals surface area contributed by atoms with Gasteiger partial charge in [0.1, 0.15) is 11.9 Å². The summed E-state index contributed by atoms with van der Waals surface area (Å²) in [5, 5.41) is 6.73. The summed E-state index contributed by atoms with van der Waals surface area (Å²) in [5.74, 6) is 0.301. The lowest BCUT2D eigenvalue weighted by atomic mass is 10.1. The minimum absolute atomic E-state index is 0.0316. The highest BCUT2D eigenvalue weighted by Gasteiger charge is 2.20. The van der Waals surface area contributed by atoms with E-state index >= 15 is 0 Å². The van der Waals surface area contributed by atoms with E-state index < -0.39 is 0 Å². The molecule has 2 rings (SSSR count). The van der Waals surface area contributed by atoms with Crippen molar-refractivity contribution in [2.45, 2.75) is 39.7 Å². The van der Waals surface area contributed by atoms with Gasteiger partial charge in [0.05, 0.1) is 0 Å². The van der Waals surface area contributed by atoms with Crippen LogP contribution in [0.3, 0.4) is 0 Å². The van der Waals surface area contributed by atoms with Gasteiger partial charge in [-0.05, 0) is 37.6 Å². The Morgan fingerprint density at radius 3 is 2.64 bits per heavy atom. The number of carbonyl (C=O) groups is 1. The molecule has 1 aromatic heterocycles. The van der Waals surface area contributed by atoms with Crippen molar-refractivity contribution < 1.29 is 13.7 Å². The van der Waals surface area contributed by atoms with Crippen LogP contribution in [-0.2, 0) is 4.79 Å². The van der Waals surface area contributed by atoms with Gasteiger partial charge in [-0.1, -0.05) is 25.4 Å². The number of nitrogens with zero attached hydrogens (tertiary/aromatic N) is 2. The molecule has 0 spiro atoms. The molecule has 0 unspecified atom stereocenters. The second-order valence-electron chi connectivity index (χ2n) is 5.38. The fourth-order valence-electron chi connectivity index (χ4n) is 2.11. The monoisotopic (exact) mass is 305 g/mol. The van der Waals surface area contributed by atoms with Gasteiger partial charge >= 0.3 is 0 Å². The van der Waals surface area contributed by atoms with Crippen LogP contribution in [0.4, 0.5) is 4.39 Å². The highest BCUT2D eigenvalue weighted by Crippen LogP contribution is 2.19. The van der Waals surface area contributed by atoms with E-state index in [1.807, 2.05) is 13.8 Å². The molecule has 0 saturated heterocycles. The molecule has 0 aliphatic carbocycles. The number of benzene rings is 1. The molecule has 1 N–H and O–H groups in total. The van der Waals surface area contributed by atoms with Crippen LogP contribution in [0.2, 0.25) is 0 Å². The third-order valence-corrected chi connectivity index (χ3v) is 3.44. The van der Waals surface area contributed by atoms with Crippen LogP contribution >= 0.6 is 0 Å². The summed E-state index contributed by atoms with van der Waals surface area (Å²) in [6.45, 7) is 5.72. The van der Waals surface area contributed by atoms with E-state index in [1.165, 1.54) is 12.1 Å². The molecule has 6 heteroatoms. The molecule has 22 heavy (non-hydrogen) atoms. The molecule has 0 saturated carbocycles. The Kier molecular flexibility index (Phi) is 5.25. The molecule has 2 atom stereocenters. The van der Waals surface area contributed by atoms with E-state index in [0.717, 1.165) is 12.8 Å². The summed E-state index contributed by atoms with van der Waals surface area (Å²) in [5.41, 5.74) is 0.661. The van der Waals surface area contributed by atoms with Gasteiger partial charge in [0.2, 0.25) is 17.6 Å². The fourth-order valence-corrected chi connectivity index (χ4v) is 2.11. The standard InChI is InChI=1S/C16H20FN3O2/c1-4-5-10(2)15(21)18-11(3)16-19-14(20-22-16)12-6-8-13(17)9-7-12/h6-11H,4-5H2,1-3H3,(H,18,21)/t10-,11-/m0/s1. The average Bonchev–Trinajstić information content (AvgIpc) is 2.98. The van der Waals surface area contributed by atoms with Crippen molar-refractivity contribution >= 4 is 5.91 Å². The SMILES string of the molecule is CCC[C@H](C)C(=O)N[C@@H](C)c1nc(-c2ccc(F)cc2)no1. The van der Waals surface area contributed by atoms with E-state index in [1.54, 1.807) is 19.1 Å². The van der Waals surface area contributed by atoms with E-state index in [4.69, 9.17) is 4.52 Å². The molecule has 2 aromatic rings. The van der Waals surface area contributed by atoms with Gasteiger partial charge in [-0.15, -0.1) is 0 Å². The Morgan fingerprint density at radius 1 is 1.32 bits per heavy atom. The molecule has 5 nitrogen and oxygen atoms in total. The minimum Gasteiger partial charge on any atom is -0.344 e. The van der Waals surface area contributed by atoms with E-state index in [9.17, 15) is 9.18 Å². The zero-order valence-corrected chi connectivity index (χ0v) is 13.0. The number of halogens is 1. The molecule has 0 aliphatic rings. The van der Waals surface area contributed by atoms with E-state index in [2.05, 4.69) is 15.5 Å². The summed E-state index contributed by atoms with van der Waals surface area (Å²) in [6, 6.07) is 5.47. The highest BCUT2D eigenvalue weighted by molar-refractivity contribution is 5.78. The molecule has 1 amide bonds. The Bertz CT molecular complexity index is 625. The lowest BCUT2D eigenvalue weighted by Gasteiger charge is -2.14. The number of carbonyl (C=O) groups excluding carboxylic acids is 1. The van der Waals surface area contributed by atoms with Crippen LogP contribution in [0.5, 0.6) is 0 Å². The summed E-state index contributed by atoms with van der Waals surface area (Å²) in [7, 11) is 0. The first-order valence-corrected chi connectivity index (χ1v) is 7.41. The molecule has 0 fully saturated rings. The zero-order chi connectivity index (χ0) is 16.1. The van der Waals surface area contributed by atoms with Crippen molar-refractivity contribution in [3.8, 4) is 11.4 Å². The van der Waals surface area contributed by atoms with Crippen LogP contribution in [-0.4, -0.2) is 16.0 Å². The summed E-state index contributed by atoms with van der Waals surface area (Å²) in [6.07, 6.45) is 1.79. The predicted molar refractivity (Wildman–Crippen MR) is 80.3 cm³/mol. The third kappa shape index (κ3) is 3.90. The minimum atomic E-state index is -0.367. The number of hydrogen-bond donors (Lipinski definition) is 1. The van der Waals surface area contributed by atoms with Gasteiger partial charge in [-0.3, -0.25) is 4.79 Å². The van der Waals surface area contributed by atoms with Crippen LogP contribution in [0, 0.1) is 11.7 Å². The Balaban J connectivity index is 2.04. The van der Waals surface area contributed by atoms with Gasteiger partial charge in [-0.25, -0.2) is 4.39 Å². The topological polar surface area (TPSA) is 68.0 Å². The third-order valence-electron chi connectivity index (χ3n) is 3.44. The first-order valence-electron chi connectivity index (χ1n) is 7.41. The molecule has 0 aliphatic heterocycles. The first-order chi connectivity index (χ1) is 10.5. The number of hydrogen-bond acceptors (Lipinski definition) is 4. The molecule has 0 radical (unpaired) electrons. The Labute approximate surface area is 128 Å². The number of rotatable bonds is 6. The van der Waals surface area contributed by atoms with Crippen LogP contribution in [0.15, 0.2) is 28.8 Å². The van der Waals surface area contributed by atoms with Crippen LogP contribution in [0.25, 0.3) is 11.4 Å². The van der Waals surface area contributed by atoms with Crippen LogP contribution < -0.4 is 5.32 Å². The second kappa shape index (κ2) is 7.15. The van der Waals surface area contributed by atoms with Gasteiger partial charge < -0.3 is 9.84 Å². The van der Waals surface area contributed by atoms with Crippen LogP contribution in [0.1, 0.15) is 45.5 Å². The normalized spacial score (nSPS) is 13.6. The summed E-state index contributed by atoms with van der Waals surface area (Å²) < 4.78 is 18.1. The van der Waals surface area contributed by atoms with Gasteiger partial charge in [0.25, 0.3) is 0 Å². The molecule has 1 heterocycles. The first kappa shape index (κ1) is 16.1. The lowest BCUT2D eigenvalue weighted by Crippen LogP contribution is -2.31. The molecule has 1 aromatic carbocycles. The molecular weight excluding hydrogens is 285 g/mol. The maximum Gasteiger partial charge on any atom is 0.249 e. The van der Waals surface area contributed by atoms with Crippen molar-refractivity contribution in [3.05, 3.63) is 36.0 Å². The Morgan fingerprint density at radius 2 is 2.00 bits per heavy atom. The van der Waals surface area contributed by atoms with E-state index in [0.29, 0.717) is 17.3 Å². The van der Waals surface area contributed by atoms with Gasteiger partial charge in [0.15, 0.2) is 0 Å². The lowest BCUT2D eigenvalue weighted by molar-refractivity contribution is -0.125. The maximum atomic E-state index is 12.9. The van der Waals surface area contributed by atoms with Crippen molar-refractivity contribution in [2.24, 2.45) is 5.92 Å². The molecule has 0 bridgehead atoms. The Hall–Kier alpha value is -2.24. The van der Waals surface area contributed by atoms with Crippen molar-refractivity contribution in [1.82, 2.24) is 15.5 Å². The molecule has 118 valence electrons. The van der Waals surface area contributed by atoms with Crippen molar-refractivity contribution in [3.63, 3.8) is 0 Å². The van der Waals surface area contributed by atoms with E-state index in [-0.39, 0.29) is 23.7 Å². The number of amides is 1. The average molecular weight is 305 g/mol. The highest BCUT2D eigenvalue weighted by atomic mass is 19.1. The summed E-state index contributed by atoms with van der Waals surface area (Å²) in [4.78, 5) is 16.2. The maximum absolute atomic E-state index is 12.9. The summed E-state index contributed by atoms with van der Waals surface area (Å²) >= 11 is 0. The largest absolute Gasteiger partial charge is 0.344 e. The smallest absolute Gasteiger partial charge is 0.249 e. The number of aromatic nitrogens is 2. The van der Waals surface area contributed by atoms with Gasteiger partial charge in [0, 0.05) is 11.5 Å². The van der Waals surface area contributed by atoms with Gasteiger partial charge in [-0.2, -0.15) is 4.98 Å². The second-order valence-corrected chi connectivity index (χ2v) is 5.38. The fraction of sp³-hybridized carbons (Fsp3) is 0.438. The predicted octanol–water partition coefficient (Wildman–Crippen LogP) is 3.49. The quantitative estimate of drug-likeness (QED) is 0.887.